The Morgan fingerprint density at radius 3 is 2.18 bits per heavy atom. The fourth-order valence-electron chi connectivity index (χ4n) is 3.45. The van der Waals surface area contributed by atoms with Gasteiger partial charge in [-0.25, -0.2) is 0 Å². The Balaban J connectivity index is 1.95. The summed E-state index contributed by atoms with van der Waals surface area (Å²) in [5, 5.41) is 0. The lowest BCUT2D eigenvalue weighted by Crippen LogP contribution is -2.50. The zero-order chi connectivity index (χ0) is 12.3. The molecule has 0 amide bonds. The van der Waals surface area contributed by atoms with Crippen molar-refractivity contribution in [3.63, 3.8) is 0 Å². The Hall–Kier alpha value is -0.0800. The second kappa shape index (κ2) is 6.19. The van der Waals surface area contributed by atoms with Crippen LogP contribution < -0.4 is 5.73 Å². The van der Waals surface area contributed by atoms with E-state index in [9.17, 15) is 0 Å². The first kappa shape index (κ1) is 13.4. The lowest BCUT2D eigenvalue weighted by atomic mass is 9.82. The Morgan fingerprint density at radius 1 is 1.06 bits per heavy atom. The number of hydrogen-bond acceptors (Lipinski definition) is 2. The fourth-order valence-corrected chi connectivity index (χ4v) is 3.45. The molecule has 2 rings (SSSR count). The molecule has 2 aliphatic rings. The normalized spacial score (nSPS) is 24.5. The summed E-state index contributed by atoms with van der Waals surface area (Å²) in [5.74, 6) is 1.85. The first-order chi connectivity index (χ1) is 8.22. The highest BCUT2D eigenvalue weighted by Gasteiger charge is 2.33. The predicted octanol–water partition coefficient (Wildman–Crippen LogP) is 3.01. The van der Waals surface area contributed by atoms with Gasteiger partial charge in [-0.1, -0.05) is 19.3 Å². The van der Waals surface area contributed by atoms with Gasteiger partial charge in [-0.15, -0.1) is 0 Å². The molecule has 0 aromatic heterocycles. The van der Waals surface area contributed by atoms with Crippen LogP contribution in [-0.4, -0.2) is 30.1 Å². The quantitative estimate of drug-likeness (QED) is 0.771. The molecular formula is C15H30N2. The van der Waals surface area contributed by atoms with Gasteiger partial charge in [0.15, 0.2) is 0 Å². The lowest BCUT2D eigenvalue weighted by Gasteiger charge is -2.40. The summed E-state index contributed by atoms with van der Waals surface area (Å²) in [7, 11) is 0. The largest absolute Gasteiger partial charge is 0.329 e. The first-order valence-electron chi connectivity index (χ1n) is 7.68. The lowest BCUT2D eigenvalue weighted by molar-refractivity contribution is 0.0875. The molecule has 2 N–H and O–H groups in total. The van der Waals surface area contributed by atoms with Crippen LogP contribution in [-0.2, 0) is 0 Å². The van der Waals surface area contributed by atoms with Gasteiger partial charge in [-0.2, -0.15) is 0 Å². The summed E-state index contributed by atoms with van der Waals surface area (Å²) >= 11 is 0. The molecule has 1 atom stereocenters. The molecule has 0 saturated heterocycles. The summed E-state index contributed by atoms with van der Waals surface area (Å²) in [6.45, 7) is 6.84. The van der Waals surface area contributed by atoms with Gasteiger partial charge < -0.3 is 5.73 Å². The van der Waals surface area contributed by atoms with Gasteiger partial charge in [0.2, 0.25) is 0 Å². The van der Waals surface area contributed by atoms with Crippen molar-refractivity contribution in [3.8, 4) is 0 Å². The average Bonchev–Trinajstić information content (AvgIpc) is 3.14. The Kier molecular flexibility index (Phi) is 4.87. The van der Waals surface area contributed by atoms with E-state index >= 15 is 0 Å². The van der Waals surface area contributed by atoms with E-state index in [-0.39, 0.29) is 0 Å². The van der Waals surface area contributed by atoms with Crippen molar-refractivity contribution in [2.45, 2.75) is 70.9 Å². The van der Waals surface area contributed by atoms with Crippen LogP contribution in [0.15, 0.2) is 0 Å². The van der Waals surface area contributed by atoms with Gasteiger partial charge in [-0.05, 0) is 51.4 Å². The molecule has 100 valence electrons. The fraction of sp³-hybridized carbons (Fsp3) is 1.00. The molecule has 0 aromatic rings. The first-order valence-corrected chi connectivity index (χ1v) is 7.68. The maximum Gasteiger partial charge on any atom is 0.0249 e. The molecule has 0 bridgehead atoms. The third-order valence-corrected chi connectivity index (χ3v) is 4.69. The van der Waals surface area contributed by atoms with Crippen LogP contribution in [0.2, 0.25) is 0 Å². The third-order valence-electron chi connectivity index (χ3n) is 4.69. The van der Waals surface area contributed by atoms with E-state index in [1.54, 1.807) is 0 Å². The topological polar surface area (TPSA) is 29.3 Å². The van der Waals surface area contributed by atoms with Crippen LogP contribution in [0.3, 0.4) is 0 Å². The van der Waals surface area contributed by atoms with E-state index in [0.29, 0.717) is 12.1 Å². The molecule has 17 heavy (non-hydrogen) atoms. The highest BCUT2D eigenvalue weighted by molar-refractivity contribution is 4.88. The second-order valence-corrected chi connectivity index (χ2v) is 6.44. The van der Waals surface area contributed by atoms with Gasteiger partial charge in [0.05, 0.1) is 0 Å². The molecular weight excluding hydrogens is 208 g/mol. The number of nitrogens with two attached hydrogens (primary N) is 1. The molecule has 1 unspecified atom stereocenters. The summed E-state index contributed by atoms with van der Waals surface area (Å²) < 4.78 is 0. The van der Waals surface area contributed by atoms with Crippen molar-refractivity contribution in [2.24, 2.45) is 17.6 Å². The van der Waals surface area contributed by atoms with Crippen LogP contribution in [0.5, 0.6) is 0 Å². The molecule has 0 radical (unpaired) electrons. The van der Waals surface area contributed by atoms with Gasteiger partial charge >= 0.3 is 0 Å². The van der Waals surface area contributed by atoms with E-state index in [4.69, 9.17) is 5.73 Å². The SMILES string of the molecule is CC(C)N(CC1CC1)C(CN)C1CCCCC1. The molecule has 0 aromatic carbocycles. The van der Waals surface area contributed by atoms with Gasteiger partial charge in [0, 0.05) is 25.2 Å². The van der Waals surface area contributed by atoms with Gasteiger partial charge in [-0.3, -0.25) is 4.90 Å². The Morgan fingerprint density at radius 2 is 1.71 bits per heavy atom. The van der Waals surface area contributed by atoms with E-state index in [1.165, 1.54) is 51.5 Å². The number of hydrogen-bond donors (Lipinski definition) is 1. The van der Waals surface area contributed by atoms with Crippen LogP contribution >= 0.6 is 0 Å². The molecule has 2 nitrogen and oxygen atoms in total. The summed E-state index contributed by atoms with van der Waals surface area (Å²) in [6, 6.07) is 1.31. The van der Waals surface area contributed by atoms with E-state index in [2.05, 4.69) is 18.7 Å². The standard InChI is InChI=1S/C15H30N2/c1-12(2)17(11-13-8-9-13)15(10-16)14-6-4-3-5-7-14/h12-15H,3-11,16H2,1-2H3. The second-order valence-electron chi connectivity index (χ2n) is 6.44. The minimum atomic E-state index is 0.649. The van der Waals surface area contributed by atoms with Crippen LogP contribution in [0.4, 0.5) is 0 Å². The molecule has 0 spiro atoms. The van der Waals surface area contributed by atoms with Crippen molar-refractivity contribution in [2.75, 3.05) is 13.1 Å². The predicted molar refractivity (Wildman–Crippen MR) is 74.0 cm³/mol. The zero-order valence-electron chi connectivity index (χ0n) is 11.7. The molecule has 0 aliphatic heterocycles. The Labute approximate surface area is 107 Å². The van der Waals surface area contributed by atoms with E-state index in [1.807, 2.05) is 0 Å². The van der Waals surface area contributed by atoms with Crippen LogP contribution in [0, 0.1) is 11.8 Å². The summed E-state index contributed by atoms with van der Waals surface area (Å²) in [6.07, 6.45) is 10.0. The molecule has 2 aliphatic carbocycles. The van der Waals surface area contributed by atoms with E-state index < -0.39 is 0 Å². The summed E-state index contributed by atoms with van der Waals surface area (Å²) in [5.41, 5.74) is 6.10. The van der Waals surface area contributed by atoms with Crippen molar-refractivity contribution in [3.05, 3.63) is 0 Å². The van der Waals surface area contributed by atoms with E-state index in [0.717, 1.165) is 18.4 Å². The third kappa shape index (κ3) is 3.69. The smallest absolute Gasteiger partial charge is 0.0249 e. The van der Waals surface area contributed by atoms with Gasteiger partial charge in [0.1, 0.15) is 0 Å². The summed E-state index contributed by atoms with van der Waals surface area (Å²) in [4.78, 5) is 2.72. The maximum absolute atomic E-state index is 6.10. The van der Waals surface area contributed by atoms with Crippen molar-refractivity contribution >= 4 is 0 Å². The maximum atomic E-state index is 6.10. The monoisotopic (exact) mass is 238 g/mol. The molecule has 2 fully saturated rings. The van der Waals surface area contributed by atoms with Crippen molar-refractivity contribution in [1.82, 2.24) is 4.90 Å². The van der Waals surface area contributed by atoms with Crippen molar-refractivity contribution in [1.29, 1.82) is 0 Å². The van der Waals surface area contributed by atoms with Gasteiger partial charge in [0.25, 0.3) is 0 Å². The molecule has 2 saturated carbocycles. The number of nitrogens with zero attached hydrogens (tertiary/aromatic N) is 1. The molecule has 0 heterocycles. The zero-order valence-corrected chi connectivity index (χ0v) is 11.7. The van der Waals surface area contributed by atoms with Crippen LogP contribution in [0.1, 0.15) is 58.8 Å². The highest BCUT2D eigenvalue weighted by atomic mass is 15.2. The Bertz CT molecular complexity index is 217. The minimum Gasteiger partial charge on any atom is -0.329 e. The molecule has 2 heteroatoms. The number of rotatable bonds is 6. The van der Waals surface area contributed by atoms with Crippen molar-refractivity contribution < 1.29 is 0 Å². The van der Waals surface area contributed by atoms with Crippen LogP contribution in [0.25, 0.3) is 0 Å². The highest BCUT2D eigenvalue weighted by Crippen LogP contribution is 2.34. The minimum absolute atomic E-state index is 0.649. The average molecular weight is 238 g/mol.